The molecule has 3 atom stereocenters. The third kappa shape index (κ3) is 13.9. The van der Waals surface area contributed by atoms with Crippen LogP contribution in [0.15, 0.2) is 12.2 Å². The number of aliphatic carboxylic acids is 1. The summed E-state index contributed by atoms with van der Waals surface area (Å²) in [5.41, 5.74) is -0.0565. The van der Waals surface area contributed by atoms with Gasteiger partial charge in [-0.15, -0.1) is 0 Å². The average molecular weight is 441 g/mol. The van der Waals surface area contributed by atoms with Gasteiger partial charge < -0.3 is 14.6 Å². The number of unbranched alkanes of at least 4 members (excludes halogenated alkanes) is 2. The Morgan fingerprint density at radius 2 is 1.35 bits per heavy atom. The van der Waals surface area contributed by atoms with Crippen molar-refractivity contribution in [3.8, 4) is 0 Å². The number of carboxylic acid groups (broad SMARTS) is 1. The van der Waals surface area contributed by atoms with Crippen LogP contribution < -0.4 is 0 Å². The van der Waals surface area contributed by atoms with Crippen molar-refractivity contribution >= 4 is 17.9 Å². The minimum atomic E-state index is -1.14. The van der Waals surface area contributed by atoms with Gasteiger partial charge in [0, 0.05) is 12.0 Å². The lowest BCUT2D eigenvalue weighted by Crippen LogP contribution is -2.24. The highest BCUT2D eigenvalue weighted by molar-refractivity contribution is 5.87. The molecule has 0 aromatic rings. The fourth-order valence-corrected chi connectivity index (χ4v) is 3.38. The van der Waals surface area contributed by atoms with Gasteiger partial charge in [-0.2, -0.15) is 0 Å². The normalized spacial score (nSPS) is 13.8. The molecule has 0 bridgehead atoms. The minimum Gasteiger partial charge on any atom is -0.478 e. The summed E-state index contributed by atoms with van der Waals surface area (Å²) in [4.78, 5) is 36.0. The topological polar surface area (TPSA) is 89.9 Å². The summed E-state index contributed by atoms with van der Waals surface area (Å²) in [6, 6.07) is 0. The van der Waals surface area contributed by atoms with Crippen LogP contribution in [0.4, 0.5) is 0 Å². The summed E-state index contributed by atoms with van der Waals surface area (Å²) in [6.45, 7) is 12.7. The van der Waals surface area contributed by atoms with Crippen molar-refractivity contribution in [1.82, 2.24) is 0 Å². The fraction of sp³-hybridized carbons (Fsp3) is 0.800. The van der Waals surface area contributed by atoms with E-state index in [4.69, 9.17) is 14.6 Å². The van der Waals surface area contributed by atoms with Gasteiger partial charge in [0.2, 0.25) is 0 Å². The van der Waals surface area contributed by atoms with Crippen LogP contribution >= 0.6 is 0 Å². The molecule has 6 nitrogen and oxygen atoms in total. The number of carbonyl (C=O) groups excluding carboxylic acids is 2. The summed E-state index contributed by atoms with van der Waals surface area (Å²) in [7, 11) is 0. The predicted molar refractivity (Wildman–Crippen MR) is 123 cm³/mol. The quantitative estimate of drug-likeness (QED) is 0.198. The third-order valence-corrected chi connectivity index (χ3v) is 5.85. The zero-order valence-electron chi connectivity index (χ0n) is 20.1. The van der Waals surface area contributed by atoms with Crippen LogP contribution in [0.1, 0.15) is 98.3 Å². The van der Waals surface area contributed by atoms with Crippen LogP contribution in [-0.2, 0) is 23.9 Å². The maximum absolute atomic E-state index is 12.6. The molecule has 0 saturated carbocycles. The van der Waals surface area contributed by atoms with Crippen molar-refractivity contribution in [3.05, 3.63) is 12.2 Å². The number of ether oxygens (including phenoxy) is 2. The van der Waals surface area contributed by atoms with Gasteiger partial charge in [0.05, 0.1) is 19.1 Å². The maximum atomic E-state index is 12.6. The molecular formula is C25H44O6. The van der Waals surface area contributed by atoms with Gasteiger partial charge in [0.1, 0.15) is 0 Å². The van der Waals surface area contributed by atoms with E-state index >= 15 is 0 Å². The fourth-order valence-electron chi connectivity index (χ4n) is 3.38. The van der Waals surface area contributed by atoms with Gasteiger partial charge in [0.15, 0.2) is 0 Å². The van der Waals surface area contributed by atoms with Gasteiger partial charge >= 0.3 is 17.9 Å². The van der Waals surface area contributed by atoms with Crippen molar-refractivity contribution in [2.24, 2.45) is 17.8 Å². The van der Waals surface area contributed by atoms with E-state index in [1.54, 1.807) is 0 Å². The van der Waals surface area contributed by atoms with E-state index in [9.17, 15) is 14.4 Å². The molecule has 0 aromatic carbocycles. The first-order valence-electron chi connectivity index (χ1n) is 12.0. The second kappa shape index (κ2) is 17.8. The molecule has 180 valence electrons. The number of hydrogen-bond donors (Lipinski definition) is 1. The Labute approximate surface area is 188 Å². The van der Waals surface area contributed by atoms with Crippen LogP contribution in [0.3, 0.4) is 0 Å². The Bertz CT molecular complexity index is 542. The Hall–Kier alpha value is -1.85. The molecule has 1 N–H and O–H groups in total. The molecule has 0 saturated heterocycles. The molecule has 0 rings (SSSR count). The summed E-state index contributed by atoms with van der Waals surface area (Å²) in [6.07, 6.45) is 8.52. The summed E-state index contributed by atoms with van der Waals surface area (Å²) >= 11 is 0. The molecule has 0 radical (unpaired) electrons. The molecule has 0 aromatic heterocycles. The standard InChI is InChI=1S/C25H44O6/c1-6-10-12-20(8-3)17-30-23(26)15-14-22(16-19(5)24(27)28)25(29)31-18-21(9-4)13-11-7-2/h20-22H,5-18H2,1-4H3,(H,27,28). The first-order chi connectivity index (χ1) is 14.8. The molecule has 0 amide bonds. The Kier molecular flexibility index (Phi) is 16.7. The number of carbonyl (C=O) groups is 3. The first kappa shape index (κ1) is 29.1. The molecule has 0 heterocycles. The van der Waals surface area contributed by atoms with Gasteiger partial charge in [0.25, 0.3) is 0 Å². The molecule has 0 spiro atoms. The number of rotatable bonds is 19. The first-order valence-corrected chi connectivity index (χ1v) is 12.0. The van der Waals surface area contributed by atoms with E-state index in [0.717, 1.165) is 51.4 Å². The van der Waals surface area contributed by atoms with Crippen molar-refractivity contribution in [3.63, 3.8) is 0 Å². The van der Waals surface area contributed by atoms with Crippen LogP contribution in [0.5, 0.6) is 0 Å². The van der Waals surface area contributed by atoms with Gasteiger partial charge in [-0.1, -0.05) is 72.8 Å². The highest BCUT2D eigenvalue weighted by Gasteiger charge is 2.25. The van der Waals surface area contributed by atoms with E-state index in [0.29, 0.717) is 25.0 Å². The Morgan fingerprint density at radius 1 is 0.839 bits per heavy atom. The number of carboxylic acids is 1. The molecule has 0 fully saturated rings. The molecular weight excluding hydrogens is 396 g/mol. The number of esters is 2. The molecule has 3 unspecified atom stereocenters. The van der Waals surface area contributed by atoms with Crippen LogP contribution in [0, 0.1) is 17.8 Å². The van der Waals surface area contributed by atoms with Crippen LogP contribution in [0.2, 0.25) is 0 Å². The van der Waals surface area contributed by atoms with Crippen LogP contribution in [-0.4, -0.2) is 36.2 Å². The lowest BCUT2D eigenvalue weighted by atomic mass is 9.95. The smallest absolute Gasteiger partial charge is 0.330 e. The van der Waals surface area contributed by atoms with E-state index < -0.39 is 17.9 Å². The highest BCUT2D eigenvalue weighted by Crippen LogP contribution is 2.21. The molecule has 0 aliphatic carbocycles. The van der Waals surface area contributed by atoms with Crippen molar-refractivity contribution in [1.29, 1.82) is 0 Å². The lowest BCUT2D eigenvalue weighted by molar-refractivity contribution is -0.151. The second-order valence-electron chi connectivity index (χ2n) is 8.49. The monoisotopic (exact) mass is 440 g/mol. The summed E-state index contributed by atoms with van der Waals surface area (Å²) in [5.74, 6) is -2.02. The minimum absolute atomic E-state index is 0.0265. The van der Waals surface area contributed by atoms with E-state index in [1.807, 2.05) is 0 Å². The third-order valence-electron chi connectivity index (χ3n) is 5.85. The highest BCUT2D eigenvalue weighted by atomic mass is 16.5. The SMILES string of the molecule is C=C(CC(CCC(=O)OCC(CC)CCCC)C(=O)OCC(CC)CCCC)C(=O)O. The lowest BCUT2D eigenvalue weighted by Gasteiger charge is -2.19. The predicted octanol–water partition coefficient (Wildman–Crippen LogP) is 5.93. The molecule has 0 aliphatic rings. The zero-order chi connectivity index (χ0) is 23.6. The molecule has 6 heteroatoms. The average Bonchev–Trinajstić information content (AvgIpc) is 2.76. The zero-order valence-corrected chi connectivity index (χ0v) is 20.1. The van der Waals surface area contributed by atoms with Crippen molar-refractivity contribution < 1.29 is 29.0 Å². The Morgan fingerprint density at radius 3 is 1.81 bits per heavy atom. The van der Waals surface area contributed by atoms with Gasteiger partial charge in [-0.25, -0.2) is 4.79 Å². The van der Waals surface area contributed by atoms with E-state index in [-0.39, 0.29) is 30.8 Å². The molecule has 31 heavy (non-hydrogen) atoms. The van der Waals surface area contributed by atoms with E-state index in [1.165, 1.54) is 0 Å². The summed E-state index contributed by atoms with van der Waals surface area (Å²) < 4.78 is 10.9. The van der Waals surface area contributed by atoms with Crippen molar-refractivity contribution in [2.45, 2.75) is 98.3 Å². The largest absolute Gasteiger partial charge is 0.478 e. The van der Waals surface area contributed by atoms with E-state index in [2.05, 4.69) is 34.3 Å². The Balaban J connectivity index is 4.74. The second-order valence-corrected chi connectivity index (χ2v) is 8.49. The molecule has 0 aliphatic heterocycles. The number of hydrogen-bond acceptors (Lipinski definition) is 5. The van der Waals surface area contributed by atoms with Crippen molar-refractivity contribution in [2.75, 3.05) is 13.2 Å². The van der Waals surface area contributed by atoms with Gasteiger partial charge in [-0.3, -0.25) is 9.59 Å². The van der Waals surface area contributed by atoms with Gasteiger partial charge in [-0.05, 0) is 37.5 Å². The maximum Gasteiger partial charge on any atom is 0.330 e. The summed E-state index contributed by atoms with van der Waals surface area (Å²) in [5, 5.41) is 9.14. The van der Waals surface area contributed by atoms with Crippen LogP contribution in [0.25, 0.3) is 0 Å².